The molecule has 1 aliphatic heterocycles. The van der Waals surface area contributed by atoms with Gasteiger partial charge in [-0.3, -0.25) is 29.4 Å². The van der Waals surface area contributed by atoms with Crippen LogP contribution < -0.4 is 10.1 Å². The second kappa shape index (κ2) is 9.63. The Morgan fingerprint density at radius 1 is 1.26 bits per heavy atom. The zero-order chi connectivity index (χ0) is 22.5. The van der Waals surface area contributed by atoms with Crippen molar-refractivity contribution >= 4 is 57.9 Å². The van der Waals surface area contributed by atoms with E-state index in [0.29, 0.717) is 35.4 Å². The zero-order valence-electron chi connectivity index (χ0n) is 16.2. The van der Waals surface area contributed by atoms with Crippen molar-refractivity contribution in [2.75, 3.05) is 18.5 Å². The summed E-state index contributed by atoms with van der Waals surface area (Å²) in [5, 5.41) is 13.0. The van der Waals surface area contributed by atoms with Crippen molar-refractivity contribution < 1.29 is 24.0 Å². The van der Waals surface area contributed by atoms with Crippen molar-refractivity contribution in [2.45, 2.75) is 6.92 Å². The zero-order valence-corrected chi connectivity index (χ0v) is 17.7. The van der Waals surface area contributed by atoms with E-state index in [-0.39, 0.29) is 15.6 Å². The molecule has 3 amide bonds. The predicted octanol–water partition coefficient (Wildman–Crippen LogP) is 4.32. The second-order valence-corrected chi connectivity index (χ2v) is 7.64. The van der Waals surface area contributed by atoms with Crippen LogP contribution in [0.1, 0.15) is 12.5 Å². The number of anilines is 1. The van der Waals surface area contributed by atoms with E-state index in [4.69, 9.17) is 16.3 Å². The number of carbonyl (C=O) groups excluding carboxylic acids is 3. The van der Waals surface area contributed by atoms with Crippen molar-refractivity contribution in [3.63, 3.8) is 0 Å². The van der Waals surface area contributed by atoms with Crippen LogP contribution in [0, 0.1) is 10.1 Å². The highest BCUT2D eigenvalue weighted by Crippen LogP contribution is 2.33. The summed E-state index contributed by atoms with van der Waals surface area (Å²) in [6, 6.07) is 10.7. The molecule has 0 spiro atoms. The number of amides is 3. The molecule has 1 fully saturated rings. The molecule has 1 N–H and O–H groups in total. The number of hydrogen-bond donors (Lipinski definition) is 1. The van der Waals surface area contributed by atoms with Crippen LogP contribution in [0.3, 0.4) is 0 Å². The smallest absolute Gasteiger partial charge is 0.294 e. The molecule has 0 saturated carbocycles. The molecule has 11 heteroatoms. The fourth-order valence-electron chi connectivity index (χ4n) is 2.69. The SMILES string of the molecule is CCOc1ccc(NC(=O)CN2C(=O)S/C(=C/c3ccc(Cl)c([N+](=O)[O-])c3)C2=O)cc1. The van der Waals surface area contributed by atoms with E-state index in [0.717, 1.165) is 4.90 Å². The molecule has 0 bridgehead atoms. The molecule has 2 aromatic carbocycles. The minimum absolute atomic E-state index is 0.0405. The molecular weight excluding hydrogens is 446 g/mol. The second-order valence-electron chi connectivity index (χ2n) is 6.24. The number of nitro benzene ring substituents is 1. The van der Waals surface area contributed by atoms with Crippen LogP contribution >= 0.6 is 23.4 Å². The highest BCUT2D eigenvalue weighted by Gasteiger charge is 2.36. The van der Waals surface area contributed by atoms with Crippen LogP contribution in [0.2, 0.25) is 5.02 Å². The summed E-state index contributed by atoms with van der Waals surface area (Å²) in [5.41, 5.74) is 0.509. The molecule has 9 nitrogen and oxygen atoms in total. The van der Waals surface area contributed by atoms with E-state index in [1.807, 2.05) is 6.92 Å². The van der Waals surface area contributed by atoms with Gasteiger partial charge in [0, 0.05) is 11.8 Å². The van der Waals surface area contributed by atoms with E-state index in [1.54, 1.807) is 24.3 Å². The molecule has 1 heterocycles. The van der Waals surface area contributed by atoms with Gasteiger partial charge in [-0.25, -0.2) is 0 Å². The molecule has 1 aliphatic rings. The first-order chi connectivity index (χ1) is 14.8. The van der Waals surface area contributed by atoms with Gasteiger partial charge in [0.05, 0.1) is 16.4 Å². The predicted molar refractivity (Wildman–Crippen MR) is 117 cm³/mol. The number of halogens is 1. The van der Waals surface area contributed by atoms with Gasteiger partial charge in [0.15, 0.2) is 0 Å². The van der Waals surface area contributed by atoms with E-state index in [9.17, 15) is 24.5 Å². The largest absolute Gasteiger partial charge is 0.494 e. The molecule has 0 aliphatic carbocycles. The number of nitrogens with zero attached hydrogens (tertiary/aromatic N) is 2. The van der Waals surface area contributed by atoms with Crippen LogP contribution in [-0.4, -0.2) is 40.0 Å². The van der Waals surface area contributed by atoms with E-state index in [2.05, 4.69) is 5.32 Å². The Balaban J connectivity index is 1.68. The molecule has 0 radical (unpaired) electrons. The van der Waals surface area contributed by atoms with Gasteiger partial charge < -0.3 is 10.1 Å². The Morgan fingerprint density at radius 3 is 2.61 bits per heavy atom. The Labute approximate surface area is 186 Å². The van der Waals surface area contributed by atoms with E-state index >= 15 is 0 Å². The van der Waals surface area contributed by atoms with Gasteiger partial charge in [-0.1, -0.05) is 17.7 Å². The third kappa shape index (κ3) is 5.41. The number of imide groups is 1. The van der Waals surface area contributed by atoms with Crippen LogP contribution in [0.4, 0.5) is 16.2 Å². The van der Waals surface area contributed by atoms with Crippen LogP contribution in [0.25, 0.3) is 6.08 Å². The van der Waals surface area contributed by atoms with Gasteiger partial charge in [-0.15, -0.1) is 0 Å². The van der Waals surface area contributed by atoms with E-state index in [1.165, 1.54) is 24.3 Å². The van der Waals surface area contributed by atoms with Crippen LogP contribution in [0.5, 0.6) is 5.75 Å². The third-order valence-electron chi connectivity index (χ3n) is 4.09. The van der Waals surface area contributed by atoms with Gasteiger partial charge in [-0.05, 0) is 60.7 Å². The number of hydrogen-bond acceptors (Lipinski definition) is 7. The summed E-state index contributed by atoms with van der Waals surface area (Å²) in [5.74, 6) is -0.552. The molecule has 1 saturated heterocycles. The lowest BCUT2D eigenvalue weighted by molar-refractivity contribution is -0.384. The van der Waals surface area contributed by atoms with Gasteiger partial charge in [-0.2, -0.15) is 0 Å². The third-order valence-corrected chi connectivity index (χ3v) is 5.32. The highest BCUT2D eigenvalue weighted by molar-refractivity contribution is 8.18. The normalized spacial score (nSPS) is 14.8. The average molecular weight is 462 g/mol. The lowest BCUT2D eigenvalue weighted by Gasteiger charge is -2.12. The maximum Gasteiger partial charge on any atom is 0.294 e. The van der Waals surface area contributed by atoms with Crippen LogP contribution in [-0.2, 0) is 9.59 Å². The maximum atomic E-state index is 12.6. The van der Waals surface area contributed by atoms with Crippen molar-refractivity contribution in [3.05, 3.63) is 68.1 Å². The Hall–Kier alpha value is -3.37. The minimum Gasteiger partial charge on any atom is -0.494 e. The molecule has 160 valence electrons. The lowest BCUT2D eigenvalue weighted by atomic mass is 10.2. The molecule has 0 unspecified atom stereocenters. The van der Waals surface area contributed by atoms with Gasteiger partial charge in [0.25, 0.3) is 16.8 Å². The molecule has 31 heavy (non-hydrogen) atoms. The average Bonchev–Trinajstić information content (AvgIpc) is 2.98. The Morgan fingerprint density at radius 2 is 1.97 bits per heavy atom. The van der Waals surface area contributed by atoms with Gasteiger partial charge in [0.1, 0.15) is 17.3 Å². The molecule has 2 aromatic rings. The molecule has 0 aromatic heterocycles. The van der Waals surface area contributed by atoms with Gasteiger partial charge in [0.2, 0.25) is 5.91 Å². The summed E-state index contributed by atoms with van der Waals surface area (Å²) in [6.45, 7) is 1.91. The number of benzene rings is 2. The highest BCUT2D eigenvalue weighted by atomic mass is 35.5. The fraction of sp³-hybridized carbons (Fsp3) is 0.150. The molecule has 0 atom stereocenters. The number of nitro groups is 1. The number of thioether (sulfide) groups is 1. The topological polar surface area (TPSA) is 119 Å². The van der Waals surface area contributed by atoms with Gasteiger partial charge >= 0.3 is 0 Å². The van der Waals surface area contributed by atoms with Crippen molar-refractivity contribution in [1.82, 2.24) is 4.90 Å². The summed E-state index contributed by atoms with van der Waals surface area (Å²) >= 11 is 6.43. The summed E-state index contributed by atoms with van der Waals surface area (Å²) in [6.07, 6.45) is 1.35. The maximum absolute atomic E-state index is 12.6. The Kier molecular flexibility index (Phi) is 6.93. The number of nitrogens with one attached hydrogen (secondary N) is 1. The molecular formula is C20H16ClN3O6S. The number of carbonyl (C=O) groups is 3. The summed E-state index contributed by atoms with van der Waals surface area (Å²) in [7, 11) is 0. The number of rotatable bonds is 7. The Bertz CT molecular complexity index is 1090. The molecule has 3 rings (SSSR count). The number of ether oxygens (including phenoxy) is 1. The standard InChI is InChI=1S/C20H16ClN3O6S/c1-2-30-14-6-4-13(5-7-14)22-18(25)11-23-19(26)17(31-20(23)27)10-12-3-8-15(21)16(9-12)24(28)29/h3-10H,2,11H2,1H3,(H,22,25)/b17-10+. The quantitative estimate of drug-likeness (QED) is 0.370. The van der Waals surface area contributed by atoms with Crippen LogP contribution in [0.15, 0.2) is 47.4 Å². The fourth-order valence-corrected chi connectivity index (χ4v) is 3.72. The lowest BCUT2D eigenvalue weighted by Crippen LogP contribution is -2.36. The van der Waals surface area contributed by atoms with E-state index < -0.39 is 28.5 Å². The first-order valence-electron chi connectivity index (χ1n) is 9.00. The minimum atomic E-state index is -0.658. The first-order valence-corrected chi connectivity index (χ1v) is 10.2. The van der Waals surface area contributed by atoms with Crippen molar-refractivity contribution in [1.29, 1.82) is 0 Å². The van der Waals surface area contributed by atoms with Crippen molar-refractivity contribution in [2.24, 2.45) is 0 Å². The summed E-state index contributed by atoms with van der Waals surface area (Å²) < 4.78 is 5.33. The van der Waals surface area contributed by atoms with Crippen molar-refractivity contribution in [3.8, 4) is 5.75 Å². The first kappa shape index (κ1) is 22.3. The summed E-state index contributed by atoms with van der Waals surface area (Å²) in [4.78, 5) is 48.3. The monoisotopic (exact) mass is 461 g/mol.